The first kappa shape index (κ1) is 13.4. The van der Waals surface area contributed by atoms with Gasteiger partial charge in [0.05, 0.1) is 5.69 Å². The lowest BCUT2D eigenvalue weighted by molar-refractivity contribution is -0.116. The molecular weight excluding hydrogens is 310 g/mol. The molecule has 0 fully saturated rings. The van der Waals surface area contributed by atoms with Crippen LogP contribution < -0.4 is 0 Å². The van der Waals surface area contributed by atoms with Gasteiger partial charge in [0.25, 0.3) is 0 Å². The van der Waals surface area contributed by atoms with Gasteiger partial charge in [0.2, 0.25) is 0 Å². The molecule has 2 nitrogen and oxygen atoms in total. The minimum atomic E-state index is 0.229. The van der Waals surface area contributed by atoms with Gasteiger partial charge in [0, 0.05) is 21.3 Å². The molecule has 0 aliphatic rings. The van der Waals surface area contributed by atoms with Crippen molar-refractivity contribution in [2.75, 3.05) is 0 Å². The van der Waals surface area contributed by atoms with Gasteiger partial charge in [-0.2, -0.15) is 0 Å². The number of ketones is 1. The maximum Gasteiger partial charge on any atom is 0.130 e. The Kier molecular flexibility index (Phi) is 4.30. The average Bonchev–Trinajstić information content (AvgIpc) is 2.68. The molecular formula is C14H14BrNOS. The third-order valence-electron chi connectivity index (χ3n) is 2.67. The van der Waals surface area contributed by atoms with Crippen LogP contribution in [0.1, 0.15) is 23.9 Å². The number of benzene rings is 1. The van der Waals surface area contributed by atoms with E-state index in [1.807, 2.05) is 19.1 Å². The molecule has 1 heterocycles. The Hall–Kier alpha value is -1.00. The highest BCUT2D eigenvalue weighted by molar-refractivity contribution is 9.10. The van der Waals surface area contributed by atoms with E-state index < -0.39 is 0 Å². The summed E-state index contributed by atoms with van der Waals surface area (Å²) in [5, 5.41) is 1.02. The molecule has 1 aromatic heterocycles. The largest absolute Gasteiger partial charge is 0.300 e. The number of aryl methyl sites for hydroxylation is 2. The number of Topliss-reactive ketones (excluding diaryl/α,β-unsaturated/α-hetero) is 1. The number of hydrogen-bond acceptors (Lipinski definition) is 3. The van der Waals surface area contributed by atoms with Crippen LogP contribution in [0.5, 0.6) is 0 Å². The van der Waals surface area contributed by atoms with E-state index in [1.54, 1.807) is 18.3 Å². The van der Waals surface area contributed by atoms with Crippen molar-refractivity contribution < 1.29 is 4.79 Å². The molecule has 0 aliphatic carbocycles. The highest BCUT2D eigenvalue weighted by atomic mass is 79.9. The molecule has 0 unspecified atom stereocenters. The molecule has 94 valence electrons. The SMILES string of the molecule is CC(=O)CCc1sc(-c2cccc(Br)c2)nc1C. The highest BCUT2D eigenvalue weighted by Gasteiger charge is 2.10. The van der Waals surface area contributed by atoms with Crippen LogP contribution in [-0.2, 0) is 11.2 Å². The number of hydrogen-bond donors (Lipinski definition) is 0. The van der Waals surface area contributed by atoms with Crippen LogP contribution in [0.2, 0.25) is 0 Å². The second-order valence-electron chi connectivity index (χ2n) is 4.24. The van der Waals surface area contributed by atoms with Gasteiger partial charge in [0.1, 0.15) is 10.8 Å². The Morgan fingerprint density at radius 2 is 2.22 bits per heavy atom. The minimum Gasteiger partial charge on any atom is -0.300 e. The second kappa shape index (κ2) is 5.76. The van der Waals surface area contributed by atoms with Crippen LogP contribution in [0.3, 0.4) is 0 Å². The van der Waals surface area contributed by atoms with Gasteiger partial charge in [-0.25, -0.2) is 4.98 Å². The summed E-state index contributed by atoms with van der Waals surface area (Å²) in [6, 6.07) is 8.12. The van der Waals surface area contributed by atoms with Crippen LogP contribution in [-0.4, -0.2) is 10.8 Å². The van der Waals surface area contributed by atoms with E-state index in [4.69, 9.17) is 0 Å². The zero-order valence-electron chi connectivity index (χ0n) is 10.4. The van der Waals surface area contributed by atoms with Gasteiger partial charge in [-0.15, -0.1) is 11.3 Å². The van der Waals surface area contributed by atoms with Crippen molar-refractivity contribution in [2.45, 2.75) is 26.7 Å². The fraction of sp³-hybridized carbons (Fsp3) is 0.286. The first-order chi connectivity index (χ1) is 8.56. The van der Waals surface area contributed by atoms with Crippen LogP contribution >= 0.6 is 27.3 Å². The lowest BCUT2D eigenvalue weighted by atomic mass is 10.2. The monoisotopic (exact) mass is 323 g/mol. The van der Waals surface area contributed by atoms with E-state index in [0.717, 1.165) is 27.2 Å². The Morgan fingerprint density at radius 1 is 1.44 bits per heavy atom. The van der Waals surface area contributed by atoms with Crippen LogP contribution in [0, 0.1) is 6.92 Å². The van der Waals surface area contributed by atoms with Gasteiger partial charge in [0.15, 0.2) is 0 Å². The summed E-state index contributed by atoms with van der Waals surface area (Å²) in [5.74, 6) is 0.229. The predicted octanol–water partition coefficient (Wildman–Crippen LogP) is 4.40. The Balaban J connectivity index is 2.25. The molecule has 18 heavy (non-hydrogen) atoms. The number of carbonyl (C=O) groups is 1. The molecule has 1 aromatic carbocycles. The summed E-state index contributed by atoms with van der Waals surface area (Å²) in [6.07, 6.45) is 1.40. The number of thiazole rings is 1. The van der Waals surface area contributed by atoms with Gasteiger partial charge in [-0.05, 0) is 32.4 Å². The molecule has 0 saturated heterocycles. The number of rotatable bonds is 4. The standard InChI is InChI=1S/C14H14BrNOS/c1-9(17)6-7-13-10(2)16-14(18-13)11-4-3-5-12(15)8-11/h3-5,8H,6-7H2,1-2H3. The smallest absolute Gasteiger partial charge is 0.130 e. The van der Waals surface area contributed by atoms with Crippen molar-refractivity contribution >= 4 is 33.0 Å². The molecule has 2 rings (SSSR count). The van der Waals surface area contributed by atoms with Crippen LogP contribution in [0.15, 0.2) is 28.7 Å². The normalized spacial score (nSPS) is 10.6. The Bertz CT molecular complexity index is 577. The van der Waals surface area contributed by atoms with Crippen molar-refractivity contribution in [1.29, 1.82) is 0 Å². The molecule has 0 amide bonds. The summed E-state index contributed by atoms with van der Waals surface area (Å²) < 4.78 is 1.05. The Morgan fingerprint density at radius 3 is 2.89 bits per heavy atom. The maximum atomic E-state index is 11.0. The minimum absolute atomic E-state index is 0.229. The molecule has 0 aliphatic heterocycles. The average molecular weight is 324 g/mol. The van der Waals surface area contributed by atoms with E-state index in [2.05, 4.69) is 33.0 Å². The first-order valence-corrected chi connectivity index (χ1v) is 7.39. The molecule has 4 heteroatoms. The number of aromatic nitrogens is 1. The maximum absolute atomic E-state index is 11.0. The Labute approximate surface area is 119 Å². The summed E-state index contributed by atoms with van der Waals surface area (Å²) in [5.41, 5.74) is 2.16. The summed E-state index contributed by atoms with van der Waals surface area (Å²) in [6.45, 7) is 3.64. The van der Waals surface area contributed by atoms with E-state index in [-0.39, 0.29) is 5.78 Å². The number of nitrogens with zero attached hydrogens (tertiary/aromatic N) is 1. The number of halogens is 1. The number of carbonyl (C=O) groups excluding carboxylic acids is 1. The predicted molar refractivity (Wildman–Crippen MR) is 79.0 cm³/mol. The zero-order chi connectivity index (χ0) is 13.1. The molecule has 0 saturated carbocycles. The lowest BCUT2D eigenvalue weighted by Gasteiger charge is -1.96. The summed E-state index contributed by atoms with van der Waals surface area (Å²) in [7, 11) is 0. The van der Waals surface area contributed by atoms with Crippen molar-refractivity contribution in [3.63, 3.8) is 0 Å². The molecule has 0 spiro atoms. The fourth-order valence-corrected chi connectivity index (χ4v) is 3.15. The van der Waals surface area contributed by atoms with E-state index >= 15 is 0 Å². The fourth-order valence-electron chi connectivity index (χ4n) is 1.69. The second-order valence-corrected chi connectivity index (χ2v) is 6.24. The van der Waals surface area contributed by atoms with Crippen molar-refractivity contribution in [3.05, 3.63) is 39.3 Å². The third-order valence-corrected chi connectivity index (χ3v) is 4.43. The topological polar surface area (TPSA) is 30.0 Å². The molecule has 0 bridgehead atoms. The van der Waals surface area contributed by atoms with Crippen molar-refractivity contribution in [3.8, 4) is 10.6 Å². The van der Waals surface area contributed by atoms with E-state index in [1.165, 1.54) is 4.88 Å². The zero-order valence-corrected chi connectivity index (χ0v) is 12.8. The first-order valence-electron chi connectivity index (χ1n) is 5.78. The summed E-state index contributed by atoms with van der Waals surface area (Å²) >= 11 is 5.15. The van der Waals surface area contributed by atoms with Gasteiger partial charge in [-0.1, -0.05) is 28.1 Å². The molecule has 0 radical (unpaired) electrons. The summed E-state index contributed by atoms with van der Waals surface area (Å²) in [4.78, 5) is 16.8. The lowest BCUT2D eigenvalue weighted by Crippen LogP contribution is -1.93. The quantitative estimate of drug-likeness (QED) is 0.834. The van der Waals surface area contributed by atoms with Crippen molar-refractivity contribution in [2.24, 2.45) is 0 Å². The highest BCUT2D eigenvalue weighted by Crippen LogP contribution is 2.30. The van der Waals surface area contributed by atoms with Gasteiger partial charge < -0.3 is 4.79 Å². The third kappa shape index (κ3) is 3.27. The molecule has 2 aromatic rings. The van der Waals surface area contributed by atoms with E-state index in [0.29, 0.717) is 6.42 Å². The van der Waals surface area contributed by atoms with Crippen LogP contribution in [0.4, 0.5) is 0 Å². The van der Waals surface area contributed by atoms with Gasteiger partial charge >= 0.3 is 0 Å². The van der Waals surface area contributed by atoms with Crippen molar-refractivity contribution in [1.82, 2.24) is 4.98 Å². The molecule has 0 N–H and O–H groups in total. The van der Waals surface area contributed by atoms with Crippen LogP contribution in [0.25, 0.3) is 10.6 Å². The van der Waals surface area contributed by atoms with Gasteiger partial charge in [-0.3, -0.25) is 0 Å². The molecule has 0 atom stereocenters. The van der Waals surface area contributed by atoms with E-state index in [9.17, 15) is 4.79 Å².